The maximum Gasteiger partial charge on any atom is 0.0208 e. The second-order valence-electron chi connectivity index (χ2n) is 8.12. The summed E-state index contributed by atoms with van der Waals surface area (Å²) < 4.78 is 0. The highest BCUT2D eigenvalue weighted by Crippen LogP contribution is 2.12. The Balaban J connectivity index is 1.62. The quantitative estimate of drug-likeness (QED) is 0.285. The third kappa shape index (κ3) is 9.03. The largest absolute Gasteiger partial charge is 0.309 e. The van der Waals surface area contributed by atoms with Crippen molar-refractivity contribution in [3.63, 3.8) is 0 Å². The van der Waals surface area contributed by atoms with Crippen LogP contribution in [-0.4, -0.2) is 6.54 Å². The zero-order chi connectivity index (χ0) is 23.1. The Bertz CT molecular complexity index is 959. The van der Waals surface area contributed by atoms with E-state index in [2.05, 4.69) is 108 Å². The molecule has 3 heteroatoms. The molecule has 3 N–H and O–H groups in total. The first kappa shape index (κ1) is 24.4. The van der Waals surface area contributed by atoms with Gasteiger partial charge >= 0.3 is 0 Å². The van der Waals surface area contributed by atoms with Crippen LogP contribution < -0.4 is 16.0 Å². The average Bonchev–Trinajstić information content (AvgIpc) is 2.85. The second-order valence-corrected chi connectivity index (χ2v) is 8.12. The van der Waals surface area contributed by atoms with Crippen LogP contribution in [0, 0.1) is 0 Å². The van der Waals surface area contributed by atoms with Crippen molar-refractivity contribution in [3.8, 4) is 0 Å². The number of nitrogens with one attached hydrogen (secondary N) is 3. The Hall–Kier alpha value is -3.24. The molecule has 3 rings (SSSR count). The van der Waals surface area contributed by atoms with Gasteiger partial charge in [-0.1, -0.05) is 110 Å². The molecule has 0 fully saturated rings. The van der Waals surface area contributed by atoms with E-state index < -0.39 is 0 Å². The summed E-state index contributed by atoms with van der Waals surface area (Å²) in [6.07, 6.45) is 5.66. The van der Waals surface area contributed by atoms with E-state index in [0.29, 0.717) is 0 Å². The predicted molar refractivity (Wildman–Crippen MR) is 141 cm³/mol. The van der Waals surface area contributed by atoms with Crippen LogP contribution in [0.3, 0.4) is 0 Å². The smallest absolute Gasteiger partial charge is 0.0208 e. The first-order valence-corrected chi connectivity index (χ1v) is 11.5. The lowest BCUT2D eigenvalue weighted by Gasteiger charge is -2.13. The fourth-order valence-corrected chi connectivity index (χ4v) is 3.74. The zero-order valence-corrected chi connectivity index (χ0v) is 19.4. The van der Waals surface area contributed by atoms with E-state index in [9.17, 15) is 0 Å². The monoisotopic (exact) mass is 437 g/mol. The Morgan fingerprint density at radius 2 is 1.00 bits per heavy atom. The Labute approximate surface area is 199 Å². The summed E-state index contributed by atoms with van der Waals surface area (Å²) in [6.45, 7) is 12.6. The number of rotatable bonds is 14. The lowest BCUT2D eigenvalue weighted by molar-refractivity contribution is 0.676. The van der Waals surface area contributed by atoms with Gasteiger partial charge in [0.05, 0.1) is 0 Å². The molecule has 0 radical (unpaired) electrons. The molecule has 3 aromatic rings. The van der Waals surface area contributed by atoms with Gasteiger partial charge in [0.2, 0.25) is 0 Å². The van der Waals surface area contributed by atoms with Crippen molar-refractivity contribution in [1.82, 2.24) is 16.0 Å². The van der Waals surface area contributed by atoms with Crippen LogP contribution in [0.25, 0.3) is 0 Å². The summed E-state index contributed by atoms with van der Waals surface area (Å²) in [7, 11) is 0. The molecule has 0 unspecified atom stereocenters. The van der Waals surface area contributed by atoms with Crippen molar-refractivity contribution >= 4 is 0 Å². The predicted octanol–water partition coefficient (Wildman–Crippen LogP) is 5.65. The lowest BCUT2D eigenvalue weighted by Crippen LogP contribution is -2.18. The molecular weight excluding hydrogens is 402 g/mol. The van der Waals surface area contributed by atoms with Crippen LogP contribution >= 0.6 is 0 Å². The van der Waals surface area contributed by atoms with E-state index in [4.69, 9.17) is 0 Å². The van der Waals surface area contributed by atoms with Crippen LogP contribution in [0.5, 0.6) is 0 Å². The standard InChI is InChI=1S/C30H35N3/c1-3-11-25(4-2)19-31-22-28-16-29(23-32-20-26-12-7-5-8-13-26)18-30(17-28)24-33-21-27-14-9-6-10-15-27/h3-18,31-33H,1-2,19-24H2/b25-11+. The zero-order valence-electron chi connectivity index (χ0n) is 19.4. The molecule has 0 saturated carbocycles. The topological polar surface area (TPSA) is 36.1 Å². The van der Waals surface area contributed by atoms with E-state index in [1.54, 1.807) is 6.08 Å². The fraction of sp³-hybridized carbons (Fsp3) is 0.200. The van der Waals surface area contributed by atoms with Gasteiger partial charge < -0.3 is 16.0 Å². The molecule has 0 saturated heterocycles. The van der Waals surface area contributed by atoms with Crippen molar-refractivity contribution in [2.75, 3.05) is 6.54 Å². The van der Waals surface area contributed by atoms with Crippen molar-refractivity contribution in [3.05, 3.63) is 144 Å². The Morgan fingerprint density at radius 3 is 1.42 bits per heavy atom. The molecule has 0 aliphatic rings. The van der Waals surface area contributed by atoms with Gasteiger partial charge in [0.25, 0.3) is 0 Å². The molecule has 0 aliphatic carbocycles. The third-order valence-electron chi connectivity index (χ3n) is 5.37. The van der Waals surface area contributed by atoms with Crippen molar-refractivity contribution in [1.29, 1.82) is 0 Å². The van der Waals surface area contributed by atoms with Gasteiger partial charge in [0.15, 0.2) is 0 Å². The van der Waals surface area contributed by atoms with Crippen LogP contribution in [0.15, 0.2) is 116 Å². The highest BCUT2D eigenvalue weighted by molar-refractivity contribution is 5.31. The summed E-state index contributed by atoms with van der Waals surface area (Å²) in [6, 6.07) is 27.9. The number of benzene rings is 3. The minimum atomic E-state index is 0.771. The van der Waals surface area contributed by atoms with Gasteiger partial charge in [-0.25, -0.2) is 0 Å². The van der Waals surface area contributed by atoms with Gasteiger partial charge in [-0.05, 0) is 33.4 Å². The molecule has 170 valence electrons. The van der Waals surface area contributed by atoms with Gasteiger partial charge in [-0.15, -0.1) is 0 Å². The molecule has 0 atom stereocenters. The molecule has 0 bridgehead atoms. The molecule has 33 heavy (non-hydrogen) atoms. The van der Waals surface area contributed by atoms with Crippen LogP contribution in [0.2, 0.25) is 0 Å². The van der Waals surface area contributed by atoms with Gasteiger partial charge in [-0.3, -0.25) is 0 Å². The summed E-state index contributed by atoms with van der Waals surface area (Å²) in [5.74, 6) is 0. The summed E-state index contributed by atoms with van der Waals surface area (Å²) in [4.78, 5) is 0. The third-order valence-corrected chi connectivity index (χ3v) is 5.37. The number of allylic oxidation sites excluding steroid dienone is 2. The first-order valence-electron chi connectivity index (χ1n) is 11.5. The first-order chi connectivity index (χ1) is 16.3. The summed E-state index contributed by atoms with van der Waals surface area (Å²) in [5, 5.41) is 10.7. The summed E-state index contributed by atoms with van der Waals surface area (Å²) >= 11 is 0. The Kier molecular flexibility index (Phi) is 10.4. The molecular formula is C30H35N3. The molecule has 0 aliphatic heterocycles. The maximum absolute atomic E-state index is 3.88. The van der Waals surface area contributed by atoms with Crippen molar-refractivity contribution in [2.45, 2.75) is 32.7 Å². The number of hydrogen-bond donors (Lipinski definition) is 3. The highest BCUT2D eigenvalue weighted by Gasteiger charge is 2.03. The second kappa shape index (κ2) is 14.0. The molecule has 0 aromatic heterocycles. The number of hydrogen-bond acceptors (Lipinski definition) is 3. The molecule has 0 heterocycles. The maximum atomic E-state index is 3.88. The van der Waals surface area contributed by atoms with E-state index >= 15 is 0 Å². The van der Waals surface area contributed by atoms with E-state index in [-0.39, 0.29) is 0 Å². The summed E-state index contributed by atoms with van der Waals surface area (Å²) in [5.41, 5.74) is 7.61. The van der Waals surface area contributed by atoms with Gasteiger partial charge in [-0.2, -0.15) is 0 Å². The lowest BCUT2D eigenvalue weighted by atomic mass is 10.0. The van der Waals surface area contributed by atoms with Crippen LogP contribution in [0.4, 0.5) is 0 Å². The van der Waals surface area contributed by atoms with Crippen molar-refractivity contribution < 1.29 is 0 Å². The minimum Gasteiger partial charge on any atom is -0.309 e. The average molecular weight is 438 g/mol. The van der Waals surface area contributed by atoms with Gasteiger partial charge in [0.1, 0.15) is 0 Å². The highest BCUT2D eigenvalue weighted by atomic mass is 14.9. The van der Waals surface area contributed by atoms with Crippen LogP contribution in [0.1, 0.15) is 27.8 Å². The molecule has 0 spiro atoms. The SMILES string of the molecule is C=C/C=C(\C=C)CNCc1cc(CNCc2ccccc2)cc(CNCc2ccccc2)c1. The molecule has 3 nitrogen and oxygen atoms in total. The minimum absolute atomic E-state index is 0.771. The normalized spacial score (nSPS) is 11.3. The van der Waals surface area contributed by atoms with E-state index in [1.165, 1.54) is 27.8 Å². The van der Waals surface area contributed by atoms with Gasteiger partial charge in [0, 0.05) is 39.3 Å². The molecule has 0 amide bonds. The molecule has 3 aromatic carbocycles. The van der Waals surface area contributed by atoms with Crippen LogP contribution in [-0.2, 0) is 32.7 Å². The van der Waals surface area contributed by atoms with Crippen molar-refractivity contribution in [2.24, 2.45) is 0 Å². The Morgan fingerprint density at radius 1 is 0.576 bits per heavy atom. The fourth-order valence-electron chi connectivity index (χ4n) is 3.74. The van der Waals surface area contributed by atoms with E-state index in [0.717, 1.165) is 44.8 Å². The van der Waals surface area contributed by atoms with E-state index in [1.807, 2.05) is 12.2 Å².